The molecule has 10 heteroatoms. The number of carboxylic acid groups (broad SMARTS) is 1. The zero-order valence-electron chi connectivity index (χ0n) is 22.5. The van der Waals surface area contributed by atoms with Crippen LogP contribution in [0.5, 0.6) is 6.01 Å². The third kappa shape index (κ3) is 5.17. The lowest BCUT2D eigenvalue weighted by Crippen LogP contribution is -2.53. The number of rotatable bonds is 7. The predicted molar refractivity (Wildman–Crippen MR) is 153 cm³/mol. The van der Waals surface area contributed by atoms with E-state index in [0.29, 0.717) is 38.3 Å². The summed E-state index contributed by atoms with van der Waals surface area (Å²) in [6.45, 7) is 4.96. The lowest BCUT2D eigenvalue weighted by Gasteiger charge is -2.40. The van der Waals surface area contributed by atoms with Crippen molar-refractivity contribution in [3.05, 3.63) is 52.7 Å². The van der Waals surface area contributed by atoms with Crippen molar-refractivity contribution in [2.75, 3.05) is 63.2 Å². The summed E-state index contributed by atoms with van der Waals surface area (Å²) in [5.41, 5.74) is 3.22. The molecule has 0 aliphatic carbocycles. The predicted octanol–water partition coefficient (Wildman–Crippen LogP) is 4.36. The highest BCUT2D eigenvalue weighted by atomic mass is 35.5. The number of likely N-dealkylation sites (N-methyl/N-ethyl adjacent to an activating group) is 1. The summed E-state index contributed by atoms with van der Waals surface area (Å²) in [6, 6.07) is 13.1. The van der Waals surface area contributed by atoms with Crippen molar-refractivity contribution < 1.29 is 14.6 Å². The van der Waals surface area contributed by atoms with Gasteiger partial charge in [0.1, 0.15) is 12.4 Å². The number of fused-ring (bicyclic) bond motifs is 2. The lowest BCUT2D eigenvalue weighted by atomic mass is 9.99. The van der Waals surface area contributed by atoms with Crippen LogP contribution < -0.4 is 14.5 Å². The van der Waals surface area contributed by atoms with E-state index in [1.807, 2.05) is 19.2 Å². The molecule has 1 aromatic heterocycles. The molecule has 0 unspecified atom stereocenters. The average Bonchev–Trinajstić information content (AvgIpc) is 3.32. The zero-order valence-corrected chi connectivity index (χ0v) is 23.3. The second-order valence-electron chi connectivity index (χ2n) is 11.1. The molecule has 2 aromatic carbocycles. The fourth-order valence-electron chi connectivity index (χ4n) is 6.19. The summed E-state index contributed by atoms with van der Waals surface area (Å²) in [7, 11) is 4.18. The van der Waals surface area contributed by atoms with Gasteiger partial charge in [-0.1, -0.05) is 35.9 Å². The number of amides is 1. The molecular weight excluding hydrogens is 516 g/mol. The van der Waals surface area contributed by atoms with Gasteiger partial charge in [0.2, 0.25) is 0 Å². The number of likely N-dealkylation sites (tertiary alicyclic amines) is 2. The molecular formula is C29H35ClN6O3. The molecule has 1 atom stereocenters. The first kappa shape index (κ1) is 26.0. The molecule has 9 nitrogen and oxygen atoms in total. The smallest absolute Gasteiger partial charge is 0.407 e. The van der Waals surface area contributed by atoms with Crippen LogP contribution in [-0.2, 0) is 13.0 Å². The summed E-state index contributed by atoms with van der Waals surface area (Å²) in [6.07, 6.45) is 2.24. The largest absolute Gasteiger partial charge is 0.465 e. The second kappa shape index (κ2) is 10.7. The molecule has 3 aliphatic heterocycles. The number of aromatic nitrogens is 2. The first-order chi connectivity index (χ1) is 18.9. The summed E-state index contributed by atoms with van der Waals surface area (Å²) >= 11 is 6.66. The van der Waals surface area contributed by atoms with E-state index < -0.39 is 6.09 Å². The minimum Gasteiger partial charge on any atom is -0.465 e. The number of hydrogen-bond donors (Lipinski definition) is 1. The van der Waals surface area contributed by atoms with Crippen molar-refractivity contribution in [3.63, 3.8) is 0 Å². The number of halogens is 1. The molecule has 1 N–H and O–H groups in total. The average molecular weight is 551 g/mol. The Bertz CT molecular complexity index is 1380. The zero-order chi connectivity index (χ0) is 27.1. The van der Waals surface area contributed by atoms with E-state index >= 15 is 0 Å². The molecule has 0 saturated carbocycles. The van der Waals surface area contributed by atoms with Gasteiger partial charge < -0.3 is 29.4 Å². The van der Waals surface area contributed by atoms with Crippen LogP contribution >= 0.6 is 11.6 Å². The Kier molecular flexibility index (Phi) is 7.12. The van der Waals surface area contributed by atoms with Gasteiger partial charge in [-0.25, -0.2) is 4.79 Å². The third-order valence-electron chi connectivity index (χ3n) is 8.39. The number of benzene rings is 2. The van der Waals surface area contributed by atoms with Crippen LogP contribution in [0, 0.1) is 5.92 Å². The fraction of sp³-hybridized carbons (Fsp3) is 0.483. The van der Waals surface area contributed by atoms with Gasteiger partial charge in [-0.05, 0) is 50.4 Å². The summed E-state index contributed by atoms with van der Waals surface area (Å²) in [5.74, 6) is 1.17. The van der Waals surface area contributed by atoms with E-state index in [9.17, 15) is 9.90 Å². The summed E-state index contributed by atoms with van der Waals surface area (Å²) < 4.78 is 6.23. The third-order valence-corrected chi connectivity index (χ3v) is 8.71. The van der Waals surface area contributed by atoms with Crippen LogP contribution in [0.2, 0.25) is 5.02 Å². The number of anilines is 2. The van der Waals surface area contributed by atoms with Crippen molar-refractivity contribution in [2.45, 2.75) is 31.8 Å². The fourth-order valence-corrected chi connectivity index (χ4v) is 6.47. The van der Waals surface area contributed by atoms with Gasteiger partial charge in [0.05, 0.1) is 17.3 Å². The summed E-state index contributed by atoms with van der Waals surface area (Å²) in [5, 5.41) is 12.2. The van der Waals surface area contributed by atoms with Crippen molar-refractivity contribution in [2.24, 2.45) is 5.92 Å². The Morgan fingerprint density at radius 3 is 2.72 bits per heavy atom. The van der Waals surface area contributed by atoms with Crippen LogP contribution in [-0.4, -0.2) is 90.4 Å². The van der Waals surface area contributed by atoms with Crippen LogP contribution in [0.25, 0.3) is 10.8 Å². The number of ether oxygens (including phenoxy) is 1. The van der Waals surface area contributed by atoms with Crippen molar-refractivity contribution >= 4 is 40.0 Å². The molecule has 1 amide bonds. The number of carbonyl (C=O) groups is 1. The maximum atomic E-state index is 11.2. The topological polar surface area (TPSA) is 85.3 Å². The lowest BCUT2D eigenvalue weighted by molar-refractivity contribution is 0.0844. The highest BCUT2D eigenvalue weighted by molar-refractivity contribution is 6.36. The van der Waals surface area contributed by atoms with Gasteiger partial charge in [0.15, 0.2) is 0 Å². The molecule has 0 spiro atoms. The standard InChI is InChI=1S/C29H35ClN6O3/c1-33-12-5-8-21(33)18-39-28-31-24-17-35(25-10-4-7-20-6-3-9-23(30)26(20)25)13-11-22(24)27(32-28)34(2)14-19-15-36(16-19)29(37)38/h3-4,6-7,9-10,19,21H,5,8,11-18H2,1-2H3,(H,37,38)/t21-/m0/s1. The Morgan fingerprint density at radius 2 is 1.97 bits per heavy atom. The highest BCUT2D eigenvalue weighted by Gasteiger charge is 2.33. The quantitative estimate of drug-likeness (QED) is 0.464. The van der Waals surface area contributed by atoms with E-state index in [-0.39, 0.29) is 5.92 Å². The van der Waals surface area contributed by atoms with Gasteiger partial charge in [-0.2, -0.15) is 9.97 Å². The van der Waals surface area contributed by atoms with Gasteiger partial charge in [0, 0.05) is 61.8 Å². The van der Waals surface area contributed by atoms with Gasteiger partial charge >= 0.3 is 12.1 Å². The molecule has 2 saturated heterocycles. The minimum absolute atomic E-state index is 0.283. The van der Waals surface area contributed by atoms with Gasteiger partial charge in [-0.15, -0.1) is 0 Å². The maximum Gasteiger partial charge on any atom is 0.407 e. The van der Waals surface area contributed by atoms with E-state index in [4.69, 9.17) is 26.3 Å². The number of hydrogen-bond acceptors (Lipinski definition) is 7. The Balaban J connectivity index is 1.29. The normalized spacial score (nSPS) is 19.7. The van der Waals surface area contributed by atoms with E-state index in [1.54, 1.807) is 0 Å². The van der Waals surface area contributed by atoms with Crippen LogP contribution in [0.3, 0.4) is 0 Å². The second-order valence-corrected chi connectivity index (χ2v) is 11.5. The molecule has 0 radical (unpaired) electrons. The van der Waals surface area contributed by atoms with Crippen LogP contribution in [0.1, 0.15) is 24.1 Å². The van der Waals surface area contributed by atoms with Crippen molar-refractivity contribution in [1.29, 1.82) is 0 Å². The van der Waals surface area contributed by atoms with Crippen LogP contribution in [0.15, 0.2) is 36.4 Å². The molecule has 3 aliphatic rings. The minimum atomic E-state index is -0.852. The van der Waals surface area contributed by atoms with E-state index in [2.05, 4.69) is 46.0 Å². The Hall–Kier alpha value is -3.30. The van der Waals surface area contributed by atoms with Crippen molar-refractivity contribution in [1.82, 2.24) is 19.8 Å². The molecule has 6 rings (SSSR count). The van der Waals surface area contributed by atoms with Gasteiger partial charge in [-0.3, -0.25) is 0 Å². The Labute approximate surface area is 233 Å². The van der Waals surface area contributed by atoms with Crippen molar-refractivity contribution in [3.8, 4) is 6.01 Å². The number of nitrogens with zero attached hydrogens (tertiary/aromatic N) is 6. The Morgan fingerprint density at radius 1 is 1.18 bits per heavy atom. The molecule has 4 heterocycles. The van der Waals surface area contributed by atoms with E-state index in [0.717, 1.165) is 71.0 Å². The van der Waals surface area contributed by atoms with Gasteiger partial charge in [0.25, 0.3) is 0 Å². The monoisotopic (exact) mass is 550 g/mol. The SMILES string of the molecule is CN(CC1CN(C(=O)O)C1)c1nc(OC[C@@H]2CCCN2C)nc2c1CCN(c1cccc3cccc(Cl)c13)C2. The molecule has 2 fully saturated rings. The summed E-state index contributed by atoms with van der Waals surface area (Å²) in [4.78, 5) is 29.4. The van der Waals surface area contributed by atoms with E-state index in [1.165, 1.54) is 11.3 Å². The molecule has 3 aromatic rings. The highest BCUT2D eigenvalue weighted by Crippen LogP contribution is 2.37. The first-order valence-corrected chi connectivity index (χ1v) is 14.1. The first-order valence-electron chi connectivity index (χ1n) is 13.7. The maximum absolute atomic E-state index is 11.2. The molecule has 39 heavy (non-hydrogen) atoms. The molecule has 0 bridgehead atoms. The molecule has 206 valence electrons. The van der Waals surface area contributed by atoms with Crippen LogP contribution in [0.4, 0.5) is 16.3 Å².